The molecule has 0 aromatic rings. The molecule has 0 aromatic heterocycles. The number of carbonyl (C=O) groups is 1. The van der Waals surface area contributed by atoms with Crippen molar-refractivity contribution in [1.82, 2.24) is 4.90 Å². The first kappa shape index (κ1) is 18.4. The van der Waals surface area contributed by atoms with Crippen LogP contribution in [0.3, 0.4) is 0 Å². The molecule has 1 fully saturated rings. The fraction of sp³-hybridized carbons (Fsp3) is 0.923. The molecule has 0 aliphatic carbocycles. The Morgan fingerprint density at radius 1 is 1.14 bits per heavy atom. The second kappa shape index (κ2) is 6.24. The molecule has 0 aromatic carbocycles. The number of hydrogen-bond donors (Lipinski definition) is 1. The average Bonchev–Trinajstić information content (AvgIpc) is 2.58. The number of likely N-dealkylation sites (tertiary alicyclic amines) is 1. The third kappa shape index (κ3) is 6.78. The zero-order chi connectivity index (χ0) is 16.5. The van der Waals surface area contributed by atoms with Crippen LogP contribution in [0.4, 0.5) is 4.79 Å². The van der Waals surface area contributed by atoms with E-state index in [0.29, 0.717) is 13.0 Å². The van der Waals surface area contributed by atoms with Crippen LogP contribution in [-0.4, -0.2) is 46.5 Å². The fourth-order valence-corrected chi connectivity index (χ4v) is 3.91. The summed E-state index contributed by atoms with van der Waals surface area (Å²) in [5.41, 5.74) is -1.41. The molecule has 124 valence electrons. The minimum absolute atomic E-state index is 0.167. The number of carboxylic acid groups (broad SMARTS) is 1. The van der Waals surface area contributed by atoms with E-state index in [9.17, 15) is 9.36 Å². The number of amides is 1. The molecular formula is C13H26NO6P. The van der Waals surface area contributed by atoms with Gasteiger partial charge in [-0.3, -0.25) is 13.6 Å². The predicted molar refractivity (Wildman–Crippen MR) is 78.4 cm³/mol. The molecule has 1 heterocycles. The number of nitrogens with zero attached hydrogens (tertiary/aromatic N) is 1. The number of hydrogen-bond acceptors (Lipinski definition) is 5. The third-order valence-corrected chi connectivity index (χ3v) is 4.56. The summed E-state index contributed by atoms with van der Waals surface area (Å²) >= 11 is 0. The van der Waals surface area contributed by atoms with Crippen molar-refractivity contribution in [1.29, 1.82) is 0 Å². The standard InChI is InChI=1S/C13H26NO6P/c1-12(2,3)19-21(17,20-13(4,5)6)18-10-7-8-14(9-10)11(15)16/h10H,7-9H2,1-6H3,(H,15,16)/t10-/m1/s1. The average molecular weight is 323 g/mol. The quantitative estimate of drug-likeness (QED) is 0.797. The zero-order valence-electron chi connectivity index (χ0n) is 13.6. The van der Waals surface area contributed by atoms with Gasteiger partial charge in [0.15, 0.2) is 0 Å². The Kier molecular flexibility index (Phi) is 5.48. The smallest absolute Gasteiger partial charge is 0.465 e. The van der Waals surface area contributed by atoms with E-state index in [2.05, 4.69) is 0 Å². The van der Waals surface area contributed by atoms with Gasteiger partial charge in [0.2, 0.25) is 0 Å². The predicted octanol–water partition coefficient (Wildman–Crippen LogP) is 3.49. The normalized spacial score (nSPS) is 20.9. The molecule has 1 saturated heterocycles. The van der Waals surface area contributed by atoms with Gasteiger partial charge in [-0.2, -0.15) is 0 Å². The van der Waals surface area contributed by atoms with Crippen molar-refractivity contribution >= 4 is 13.9 Å². The molecule has 0 spiro atoms. The zero-order valence-corrected chi connectivity index (χ0v) is 14.5. The lowest BCUT2D eigenvalue weighted by atomic mass is 10.2. The summed E-state index contributed by atoms with van der Waals surface area (Å²) in [6, 6.07) is 0. The van der Waals surface area contributed by atoms with E-state index in [1.807, 2.05) is 0 Å². The largest absolute Gasteiger partial charge is 0.476 e. The highest BCUT2D eigenvalue weighted by Gasteiger charge is 2.41. The van der Waals surface area contributed by atoms with Gasteiger partial charge in [-0.25, -0.2) is 9.36 Å². The summed E-state index contributed by atoms with van der Waals surface area (Å²) < 4.78 is 29.4. The lowest BCUT2D eigenvalue weighted by molar-refractivity contribution is -0.00927. The second-order valence-corrected chi connectivity index (χ2v) is 8.57. The Morgan fingerprint density at radius 2 is 1.62 bits per heavy atom. The summed E-state index contributed by atoms with van der Waals surface area (Å²) in [6.07, 6.45) is -1.03. The van der Waals surface area contributed by atoms with Crippen molar-refractivity contribution in [3.8, 4) is 0 Å². The first-order valence-corrected chi connectivity index (χ1v) is 8.44. The van der Waals surface area contributed by atoms with E-state index < -0.39 is 31.2 Å². The van der Waals surface area contributed by atoms with E-state index in [0.717, 1.165) is 0 Å². The van der Waals surface area contributed by atoms with Gasteiger partial charge in [-0.05, 0) is 48.0 Å². The summed E-state index contributed by atoms with van der Waals surface area (Å²) in [6.45, 7) is 11.1. The third-order valence-electron chi connectivity index (χ3n) is 2.47. The molecule has 1 aliphatic heterocycles. The molecule has 0 bridgehead atoms. The van der Waals surface area contributed by atoms with E-state index >= 15 is 0 Å². The van der Waals surface area contributed by atoms with Crippen molar-refractivity contribution in [3.63, 3.8) is 0 Å². The van der Waals surface area contributed by atoms with Crippen molar-refractivity contribution in [2.24, 2.45) is 0 Å². The fourth-order valence-electron chi connectivity index (χ4n) is 1.90. The van der Waals surface area contributed by atoms with Gasteiger partial charge in [-0.1, -0.05) is 0 Å². The van der Waals surface area contributed by atoms with E-state index in [-0.39, 0.29) is 6.54 Å². The van der Waals surface area contributed by atoms with Crippen LogP contribution in [0.15, 0.2) is 0 Å². The van der Waals surface area contributed by atoms with Gasteiger partial charge in [0, 0.05) is 6.54 Å². The Hall–Kier alpha value is -0.620. The highest BCUT2D eigenvalue weighted by molar-refractivity contribution is 7.48. The van der Waals surface area contributed by atoms with Crippen LogP contribution in [0.2, 0.25) is 0 Å². The molecule has 0 radical (unpaired) electrons. The monoisotopic (exact) mass is 323 g/mol. The van der Waals surface area contributed by atoms with Crippen LogP contribution in [-0.2, 0) is 18.1 Å². The number of phosphoric ester groups is 1. The van der Waals surface area contributed by atoms with Crippen molar-refractivity contribution < 1.29 is 28.0 Å². The van der Waals surface area contributed by atoms with Crippen molar-refractivity contribution in [2.75, 3.05) is 13.1 Å². The summed E-state index contributed by atoms with van der Waals surface area (Å²) in [7, 11) is -3.79. The summed E-state index contributed by atoms with van der Waals surface area (Å²) in [5, 5.41) is 8.94. The Labute approximate surface area is 126 Å². The van der Waals surface area contributed by atoms with Gasteiger partial charge < -0.3 is 10.0 Å². The minimum atomic E-state index is -3.79. The van der Waals surface area contributed by atoms with Crippen LogP contribution < -0.4 is 0 Å². The number of phosphoric acid groups is 1. The molecule has 8 heteroatoms. The highest BCUT2D eigenvalue weighted by Crippen LogP contribution is 2.56. The molecule has 1 aliphatic rings. The second-order valence-electron chi connectivity index (χ2n) is 7.10. The Balaban J connectivity index is 2.79. The van der Waals surface area contributed by atoms with Crippen LogP contribution in [0.1, 0.15) is 48.0 Å². The van der Waals surface area contributed by atoms with Gasteiger partial charge >= 0.3 is 13.9 Å². The van der Waals surface area contributed by atoms with E-state index in [4.69, 9.17) is 18.7 Å². The van der Waals surface area contributed by atoms with Gasteiger partial charge in [0.25, 0.3) is 0 Å². The van der Waals surface area contributed by atoms with E-state index in [1.54, 1.807) is 41.5 Å². The Morgan fingerprint density at radius 3 is 1.95 bits per heavy atom. The first-order valence-electron chi connectivity index (χ1n) is 6.97. The van der Waals surface area contributed by atoms with Crippen LogP contribution in [0, 0.1) is 0 Å². The maximum Gasteiger partial charge on any atom is 0.476 e. The minimum Gasteiger partial charge on any atom is -0.465 e. The maximum absolute atomic E-state index is 12.8. The topological polar surface area (TPSA) is 85.3 Å². The summed E-state index contributed by atoms with van der Waals surface area (Å²) in [4.78, 5) is 12.1. The number of rotatable bonds is 4. The molecule has 0 saturated carbocycles. The molecular weight excluding hydrogens is 297 g/mol. The molecule has 21 heavy (non-hydrogen) atoms. The molecule has 1 atom stereocenters. The lowest BCUT2D eigenvalue weighted by Crippen LogP contribution is -2.30. The molecule has 1 amide bonds. The molecule has 1 rings (SSSR count). The maximum atomic E-state index is 12.8. The van der Waals surface area contributed by atoms with Crippen LogP contribution in [0.5, 0.6) is 0 Å². The molecule has 0 unspecified atom stereocenters. The van der Waals surface area contributed by atoms with Gasteiger partial charge in [0.1, 0.15) is 0 Å². The SMILES string of the molecule is CC(C)(C)OP(=O)(O[C@@H]1CCN(C(=O)O)C1)OC(C)(C)C. The van der Waals surface area contributed by atoms with Gasteiger partial charge in [0.05, 0.1) is 23.9 Å². The van der Waals surface area contributed by atoms with Crippen LogP contribution >= 0.6 is 7.82 Å². The first-order chi connectivity index (χ1) is 9.30. The lowest BCUT2D eigenvalue weighted by Gasteiger charge is -2.32. The van der Waals surface area contributed by atoms with Crippen molar-refractivity contribution in [3.05, 3.63) is 0 Å². The molecule has 7 nitrogen and oxygen atoms in total. The van der Waals surface area contributed by atoms with Crippen molar-refractivity contribution in [2.45, 2.75) is 65.3 Å². The van der Waals surface area contributed by atoms with Crippen LogP contribution in [0.25, 0.3) is 0 Å². The van der Waals surface area contributed by atoms with E-state index in [1.165, 1.54) is 4.90 Å². The molecule has 1 N–H and O–H groups in total. The van der Waals surface area contributed by atoms with Gasteiger partial charge in [-0.15, -0.1) is 0 Å². The summed E-state index contributed by atoms with van der Waals surface area (Å²) in [5.74, 6) is 0. The Bertz CT molecular complexity index is 405. The highest BCUT2D eigenvalue weighted by atomic mass is 31.2.